The molecule has 0 atom stereocenters. The maximum atomic E-state index is 6.37. The molecule has 2 nitrogen and oxygen atoms in total. The summed E-state index contributed by atoms with van der Waals surface area (Å²) in [4.78, 5) is 2.35. The molecule has 0 amide bonds. The summed E-state index contributed by atoms with van der Waals surface area (Å²) in [5.74, 6) is 0. The van der Waals surface area contributed by atoms with Crippen LogP contribution in [0.1, 0.15) is 0 Å². The molecule has 0 aliphatic rings. The summed E-state index contributed by atoms with van der Waals surface area (Å²) in [6, 6.07) is 75.9. The zero-order valence-electron chi connectivity index (χ0n) is 29.6. The second kappa shape index (κ2) is 13.4. The fourth-order valence-corrected chi connectivity index (χ4v) is 7.80. The first-order valence-electron chi connectivity index (χ1n) is 18.4. The van der Waals surface area contributed by atoms with E-state index in [-0.39, 0.29) is 0 Å². The molecule has 254 valence electrons. The van der Waals surface area contributed by atoms with E-state index in [4.69, 9.17) is 4.42 Å². The Kier molecular flexibility index (Phi) is 7.85. The molecule has 0 N–H and O–H groups in total. The molecule has 1 aromatic heterocycles. The minimum Gasteiger partial charge on any atom is -0.456 e. The van der Waals surface area contributed by atoms with Gasteiger partial charge in [0.05, 0.1) is 11.1 Å². The highest BCUT2D eigenvalue weighted by atomic mass is 16.3. The highest BCUT2D eigenvalue weighted by Crippen LogP contribution is 2.44. The molecule has 0 aliphatic carbocycles. The van der Waals surface area contributed by atoms with Crippen LogP contribution in [0.3, 0.4) is 0 Å². The standard InChI is InChI=1S/C52H35NO/c1-3-12-36(13-4-1)41-24-22-38-23-25-42(35-43(38)34-41)37-26-30-44(31-27-37)53(49-19-11-21-51-52(49)48-18-9-10-20-50(48)54-51)45-32-28-40(29-33-45)47-17-8-7-16-46(47)39-14-5-2-6-15-39/h1-35H. The zero-order chi connectivity index (χ0) is 35.8. The number of rotatable bonds is 7. The van der Waals surface area contributed by atoms with Gasteiger partial charge in [0.25, 0.3) is 0 Å². The predicted molar refractivity (Wildman–Crippen MR) is 228 cm³/mol. The lowest BCUT2D eigenvalue weighted by Crippen LogP contribution is -2.10. The van der Waals surface area contributed by atoms with E-state index in [1.807, 2.05) is 12.1 Å². The number of hydrogen-bond acceptors (Lipinski definition) is 2. The number of nitrogens with zero attached hydrogens (tertiary/aromatic N) is 1. The summed E-state index contributed by atoms with van der Waals surface area (Å²) in [5.41, 5.74) is 14.6. The van der Waals surface area contributed by atoms with E-state index in [9.17, 15) is 0 Å². The molecular formula is C52H35NO. The van der Waals surface area contributed by atoms with Crippen LogP contribution in [0.2, 0.25) is 0 Å². The van der Waals surface area contributed by atoms with Crippen LogP contribution in [0, 0.1) is 0 Å². The predicted octanol–water partition coefficient (Wildman–Crippen LogP) is 14.9. The van der Waals surface area contributed by atoms with Gasteiger partial charge in [0.1, 0.15) is 11.2 Å². The molecule has 0 fully saturated rings. The number of benzene rings is 9. The van der Waals surface area contributed by atoms with Crippen LogP contribution in [-0.4, -0.2) is 0 Å². The van der Waals surface area contributed by atoms with E-state index in [0.717, 1.165) is 39.0 Å². The second-order valence-corrected chi connectivity index (χ2v) is 13.7. The van der Waals surface area contributed by atoms with Gasteiger partial charge >= 0.3 is 0 Å². The van der Waals surface area contributed by atoms with Crippen molar-refractivity contribution in [2.24, 2.45) is 0 Å². The molecule has 10 aromatic rings. The molecule has 0 spiro atoms. The third-order valence-corrected chi connectivity index (χ3v) is 10.5. The van der Waals surface area contributed by atoms with Gasteiger partial charge in [-0.25, -0.2) is 0 Å². The topological polar surface area (TPSA) is 16.4 Å². The van der Waals surface area contributed by atoms with Gasteiger partial charge in [-0.1, -0.05) is 158 Å². The van der Waals surface area contributed by atoms with Crippen molar-refractivity contribution < 1.29 is 4.42 Å². The lowest BCUT2D eigenvalue weighted by Gasteiger charge is -2.27. The highest BCUT2D eigenvalue weighted by Gasteiger charge is 2.20. The van der Waals surface area contributed by atoms with Crippen molar-refractivity contribution in [1.82, 2.24) is 0 Å². The Bertz CT molecular complexity index is 2910. The molecule has 10 rings (SSSR count). The SMILES string of the molecule is c1ccc(-c2ccc3ccc(-c4ccc(N(c5ccc(-c6ccccc6-c6ccccc6)cc5)c5cccc6oc7ccccc7c56)cc4)cc3c2)cc1. The zero-order valence-corrected chi connectivity index (χ0v) is 29.6. The van der Waals surface area contributed by atoms with Gasteiger partial charge in [-0.05, 0) is 110 Å². The number of hydrogen-bond donors (Lipinski definition) is 0. The van der Waals surface area contributed by atoms with E-state index in [2.05, 4.69) is 205 Å². The molecule has 0 radical (unpaired) electrons. The van der Waals surface area contributed by atoms with E-state index < -0.39 is 0 Å². The van der Waals surface area contributed by atoms with Crippen molar-refractivity contribution in [2.45, 2.75) is 0 Å². The minimum absolute atomic E-state index is 0.870. The van der Waals surface area contributed by atoms with E-state index in [1.54, 1.807) is 0 Å². The summed E-state index contributed by atoms with van der Waals surface area (Å²) < 4.78 is 6.37. The Morgan fingerprint density at radius 2 is 0.796 bits per heavy atom. The highest BCUT2D eigenvalue weighted by molar-refractivity contribution is 6.13. The van der Waals surface area contributed by atoms with E-state index >= 15 is 0 Å². The Labute approximate surface area is 314 Å². The average Bonchev–Trinajstić information content (AvgIpc) is 3.64. The number of anilines is 3. The summed E-state index contributed by atoms with van der Waals surface area (Å²) in [6.45, 7) is 0. The molecule has 2 heteroatoms. The summed E-state index contributed by atoms with van der Waals surface area (Å²) in [5, 5.41) is 4.66. The van der Waals surface area contributed by atoms with Gasteiger partial charge in [0, 0.05) is 16.8 Å². The molecule has 0 aliphatic heterocycles. The summed E-state index contributed by atoms with van der Waals surface area (Å²) in [6.07, 6.45) is 0. The van der Waals surface area contributed by atoms with E-state index in [0.29, 0.717) is 0 Å². The molecule has 0 saturated carbocycles. The lowest BCUT2D eigenvalue weighted by atomic mass is 9.94. The average molecular weight is 690 g/mol. The van der Waals surface area contributed by atoms with Gasteiger partial charge in [-0.15, -0.1) is 0 Å². The van der Waals surface area contributed by atoms with Gasteiger partial charge in [0.2, 0.25) is 0 Å². The molecule has 1 heterocycles. The number of furan rings is 1. The molecule has 0 unspecified atom stereocenters. The molecule has 0 saturated heterocycles. The van der Waals surface area contributed by atoms with Crippen molar-refractivity contribution in [2.75, 3.05) is 4.90 Å². The molecule has 54 heavy (non-hydrogen) atoms. The first-order chi connectivity index (χ1) is 26.8. The van der Waals surface area contributed by atoms with Crippen molar-refractivity contribution in [1.29, 1.82) is 0 Å². The Morgan fingerprint density at radius 1 is 0.315 bits per heavy atom. The third kappa shape index (κ3) is 5.71. The lowest BCUT2D eigenvalue weighted by molar-refractivity contribution is 0.669. The van der Waals surface area contributed by atoms with E-state index in [1.165, 1.54) is 55.3 Å². The monoisotopic (exact) mass is 689 g/mol. The molecular weight excluding hydrogens is 655 g/mol. The van der Waals surface area contributed by atoms with Crippen LogP contribution in [0.5, 0.6) is 0 Å². The number of para-hydroxylation sites is 1. The van der Waals surface area contributed by atoms with Crippen LogP contribution in [0.25, 0.3) is 77.2 Å². The van der Waals surface area contributed by atoms with Crippen molar-refractivity contribution in [3.8, 4) is 44.5 Å². The second-order valence-electron chi connectivity index (χ2n) is 13.7. The Hall–Kier alpha value is -7.16. The Morgan fingerprint density at radius 3 is 1.44 bits per heavy atom. The maximum Gasteiger partial charge on any atom is 0.137 e. The van der Waals surface area contributed by atoms with Gasteiger partial charge in [0.15, 0.2) is 0 Å². The summed E-state index contributed by atoms with van der Waals surface area (Å²) >= 11 is 0. The first-order valence-corrected chi connectivity index (χ1v) is 18.4. The molecule has 9 aromatic carbocycles. The fraction of sp³-hybridized carbons (Fsp3) is 0. The van der Waals surface area contributed by atoms with Crippen molar-refractivity contribution in [3.05, 3.63) is 212 Å². The third-order valence-electron chi connectivity index (χ3n) is 10.5. The smallest absolute Gasteiger partial charge is 0.137 e. The van der Waals surface area contributed by atoms with Crippen LogP contribution in [0.15, 0.2) is 217 Å². The van der Waals surface area contributed by atoms with Gasteiger partial charge < -0.3 is 9.32 Å². The Balaban J connectivity index is 1.07. The fourth-order valence-electron chi connectivity index (χ4n) is 7.80. The normalized spacial score (nSPS) is 11.3. The van der Waals surface area contributed by atoms with Gasteiger partial charge in [-0.3, -0.25) is 0 Å². The largest absolute Gasteiger partial charge is 0.456 e. The first kappa shape index (κ1) is 31.6. The van der Waals surface area contributed by atoms with Crippen LogP contribution in [0.4, 0.5) is 17.1 Å². The minimum atomic E-state index is 0.870. The molecule has 0 bridgehead atoms. The van der Waals surface area contributed by atoms with Crippen LogP contribution >= 0.6 is 0 Å². The summed E-state index contributed by atoms with van der Waals surface area (Å²) in [7, 11) is 0. The number of fused-ring (bicyclic) bond motifs is 4. The van der Waals surface area contributed by atoms with Crippen molar-refractivity contribution in [3.63, 3.8) is 0 Å². The van der Waals surface area contributed by atoms with Crippen molar-refractivity contribution >= 4 is 49.8 Å². The quantitative estimate of drug-likeness (QED) is 0.166. The van der Waals surface area contributed by atoms with Gasteiger partial charge in [-0.2, -0.15) is 0 Å². The maximum absolute atomic E-state index is 6.37. The van der Waals surface area contributed by atoms with Crippen LogP contribution in [-0.2, 0) is 0 Å². The van der Waals surface area contributed by atoms with Crippen LogP contribution < -0.4 is 4.90 Å².